The van der Waals surface area contributed by atoms with Gasteiger partial charge in [0.05, 0.1) is 4.90 Å². The molecule has 1 amide bonds. The van der Waals surface area contributed by atoms with Crippen LogP contribution in [0.25, 0.3) is 0 Å². The Morgan fingerprint density at radius 3 is 2.45 bits per heavy atom. The molecule has 0 saturated carbocycles. The highest BCUT2D eigenvalue weighted by atomic mass is 32.2. The maximum atomic E-state index is 12.5. The molecule has 7 heteroatoms. The van der Waals surface area contributed by atoms with Gasteiger partial charge in [0.15, 0.2) is 0 Å². The maximum absolute atomic E-state index is 12.5. The van der Waals surface area contributed by atoms with Crippen molar-refractivity contribution in [2.45, 2.75) is 64.4 Å². The van der Waals surface area contributed by atoms with Crippen molar-refractivity contribution in [2.75, 3.05) is 13.1 Å². The molecule has 0 spiro atoms. The maximum Gasteiger partial charge on any atom is 0.251 e. The van der Waals surface area contributed by atoms with Gasteiger partial charge in [-0.1, -0.05) is 31.2 Å². The Hall–Kier alpha value is -2.22. The molecule has 0 bridgehead atoms. The van der Waals surface area contributed by atoms with E-state index in [0.29, 0.717) is 12.1 Å². The van der Waals surface area contributed by atoms with Crippen LogP contribution in [0.5, 0.6) is 0 Å². The van der Waals surface area contributed by atoms with Crippen LogP contribution in [-0.2, 0) is 23.0 Å². The van der Waals surface area contributed by atoms with E-state index in [-0.39, 0.29) is 10.8 Å². The molecule has 170 valence electrons. The molecule has 0 aliphatic carbocycles. The van der Waals surface area contributed by atoms with Crippen LogP contribution in [0.2, 0.25) is 0 Å². The second-order valence-corrected chi connectivity index (χ2v) is 10.5. The van der Waals surface area contributed by atoms with Crippen molar-refractivity contribution in [3.63, 3.8) is 0 Å². The molecule has 0 unspecified atom stereocenters. The minimum Gasteiger partial charge on any atom is -0.352 e. The lowest BCUT2D eigenvalue weighted by Crippen LogP contribution is -2.40. The zero-order valence-corrected chi connectivity index (χ0v) is 20.0. The van der Waals surface area contributed by atoms with Crippen molar-refractivity contribution >= 4 is 15.9 Å². The Labute approximate surface area is 186 Å². The number of hydrogen-bond acceptors (Lipinski definition) is 4. The number of sulfonamides is 1. The van der Waals surface area contributed by atoms with Crippen LogP contribution in [-0.4, -0.2) is 33.0 Å². The van der Waals surface area contributed by atoms with Gasteiger partial charge in [-0.2, -0.15) is 0 Å². The Kier molecular flexibility index (Phi) is 8.79. The summed E-state index contributed by atoms with van der Waals surface area (Å²) in [6.07, 6.45) is 1.80. The van der Waals surface area contributed by atoms with E-state index >= 15 is 0 Å². The summed E-state index contributed by atoms with van der Waals surface area (Å²) in [5.74, 6) is -0.278. The monoisotopic (exact) mass is 445 g/mol. The lowest BCUT2D eigenvalue weighted by Gasteiger charge is -2.20. The van der Waals surface area contributed by atoms with Crippen LogP contribution in [0, 0.1) is 6.92 Å². The van der Waals surface area contributed by atoms with Crippen molar-refractivity contribution in [2.24, 2.45) is 0 Å². The molecular formula is C24H35N3O3S. The van der Waals surface area contributed by atoms with Gasteiger partial charge in [-0.15, -0.1) is 0 Å². The zero-order valence-electron chi connectivity index (χ0n) is 19.2. The topological polar surface area (TPSA) is 87.3 Å². The summed E-state index contributed by atoms with van der Waals surface area (Å²) in [5, 5.41) is 6.28. The predicted molar refractivity (Wildman–Crippen MR) is 126 cm³/mol. The molecule has 0 atom stereocenters. The molecule has 31 heavy (non-hydrogen) atoms. The molecule has 0 radical (unpaired) electrons. The highest BCUT2D eigenvalue weighted by Gasteiger charge is 2.22. The summed E-state index contributed by atoms with van der Waals surface area (Å²) >= 11 is 0. The Morgan fingerprint density at radius 2 is 1.77 bits per heavy atom. The van der Waals surface area contributed by atoms with Gasteiger partial charge in [0.25, 0.3) is 5.91 Å². The molecule has 0 heterocycles. The molecule has 2 aromatic rings. The van der Waals surface area contributed by atoms with Crippen LogP contribution in [0.4, 0.5) is 0 Å². The zero-order chi connectivity index (χ0) is 23.1. The number of amides is 1. The first-order valence-electron chi connectivity index (χ1n) is 10.7. The van der Waals surface area contributed by atoms with E-state index < -0.39 is 15.6 Å². The molecule has 0 saturated heterocycles. The minimum atomic E-state index is -3.68. The normalized spacial score (nSPS) is 12.0. The summed E-state index contributed by atoms with van der Waals surface area (Å²) in [6, 6.07) is 12.7. The van der Waals surface area contributed by atoms with Crippen LogP contribution in [0.1, 0.15) is 61.2 Å². The molecule has 0 aliphatic rings. The molecule has 2 rings (SSSR count). The first-order valence-corrected chi connectivity index (χ1v) is 12.2. The van der Waals surface area contributed by atoms with Gasteiger partial charge in [-0.3, -0.25) is 4.79 Å². The Balaban J connectivity index is 1.82. The number of aryl methyl sites for hydroxylation is 2. The first kappa shape index (κ1) is 25.0. The third-order valence-electron chi connectivity index (χ3n) is 4.80. The first-order chi connectivity index (χ1) is 14.5. The fourth-order valence-corrected chi connectivity index (χ4v) is 4.61. The lowest BCUT2D eigenvalue weighted by molar-refractivity contribution is 0.0953. The predicted octanol–water partition coefficient (Wildman–Crippen LogP) is 3.54. The molecule has 6 nitrogen and oxygen atoms in total. The summed E-state index contributed by atoms with van der Waals surface area (Å²) in [4.78, 5) is 12.5. The second-order valence-electron chi connectivity index (χ2n) is 8.78. The third kappa shape index (κ3) is 8.09. The lowest BCUT2D eigenvalue weighted by atomic mass is 10.0. The average molecular weight is 446 g/mol. The van der Waals surface area contributed by atoms with Gasteiger partial charge < -0.3 is 10.6 Å². The SMILES string of the molecule is CCc1ccc(C)c(CNCCCNC(=O)c2cccc(S(=O)(=O)NC(C)(C)C)c2)c1. The van der Waals surface area contributed by atoms with Gasteiger partial charge in [0, 0.05) is 24.2 Å². The average Bonchev–Trinajstić information content (AvgIpc) is 2.70. The summed E-state index contributed by atoms with van der Waals surface area (Å²) in [5.41, 5.74) is 3.63. The van der Waals surface area contributed by atoms with Gasteiger partial charge >= 0.3 is 0 Å². The van der Waals surface area contributed by atoms with E-state index in [1.165, 1.54) is 28.8 Å². The van der Waals surface area contributed by atoms with E-state index in [1.54, 1.807) is 32.9 Å². The largest absolute Gasteiger partial charge is 0.352 e. The van der Waals surface area contributed by atoms with E-state index in [2.05, 4.69) is 47.4 Å². The number of carbonyl (C=O) groups is 1. The number of hydrogen-bond donors (Lipinski definition) is 3. The number of benzene rings is 2. The number of rotatable bonds is 10. The highest BCUT2D eigenvalue weighted by molar-refractivity contribution is 7.89. The quantitative estimate of drug-likeness (QED) is 0.488. The fourth-order valence-electron chi connectivity index (χ4n) is 3.14. The molecule has 0 aliphatic heterocycles. The minimum absolute atomic E-state index is 0.0846. The van der Waals surface area contributed by atoms with Gasteiger partial charge in [-0.25, -0.2) is 13.1 Å². The van der Waals surface area contributed by atoms with Crippen molar-refractivity contribution in [3.05, 3.63) is 64.7 Å². The molecular weight excluding hydrogens is 410 g/mol. The number of nitrogens with one attached hydrogen (secondary N) is 3. The summed E-state index contributed by atoms with van der Waals surface area (Å²) < 4.78 is 27.6. The second kappa shape index (κ2) is 10.9. The van der Waals surface area contributed by atoms with Crippen molar-refractivity contribution in [1.29, 1.82) is 0 Å². The van der Waals surface area contributed by atoms with Crippen LogP contribution in [0.3, 0.4) is 0 Å². The van der Waals surface area contributed by atoms with Crippen molar-refractivity contribution in [1.82, 2.24) is 15.4 Å². The van der Waals surface area contributed by atoms with Gasteiger partial charge in [0.1, 0.15) is 0 Å². The van der Waals surface area contributed by atoms with Crippen LogP contribution in [0.15, 0.2) is 47.4 Å². The van der Waals surface area contributed by atoms with Crippen molar-refractivity contribution in [3.8, 4) is 0 Å². The molecule has 0 aromatic heterocycles. The third-order valence-corrected chi connectivity index (χ3v) is 6.56. The van der Waals surface area contributed by atoms with Crippen molar-refractivity contribution < 1.29 is 13.2 Å². The van der Waals surface area contributed by atoms with Gasteiger partial charge in [-0.05, 0) is 82.0 Å². The van der Waals surface area contributed by atoms with E-state index in [1.807, 2.05) is 0 Å². The molecule has 2 aromatic carbocycles. The highest BCUT2D eigenvalue weighted by Crippen LogP contribution is 2.15. The summed E-state index contributed by atoms with van der Waals surface area (Å²) in [6.45, 7) is 11.7. The van der Waals surface area contributed by atoms with Gasteiger partial charge in [0.2, 0.25) is 10.0 Å². The van der Waals surface area contributed by atoms with Crippen LogP contribution >= 0.6 is 0 Å². The van der Waals surface area contributed by atoms with Crippen LogP contribution < -0.4 is 15.4 Å². The Morgan fingerprint density at radius 1 is 1.03 bits per heavy atom. The number of carbonyl (C=O) groups excluding carboxylic acids is 1. The molecule has 0 fully saturated rings. The fraction of sp³-hybridized carbons (Fsp3) is 0.458. The molecule has 3 N–H and O–H groups in total. The Bertz CT molecular complexity index is 995. The summed E-state index contributed by atoms with van der Waals surface area (Å²) in [7, 11) is -3.68. The smallest absolute Gasteiger partial charge is 0.251 e. The van der Waals surface area contributed by atoms with E-state index in [4.69, 9.17) is 0 Å². The standard InChI is InChI=1S/C24H35N3O3S/c1-6-19-12-11-18(2)21(15-19)17-25-13-8-14-26-23(28)20-9-7-10-22(16-20)31(29,30)27-24(3,4)5/h7,9-12,15-16,25,27H,6,8,13-14,17H2,1-5H3,(H,26,28). The van der Waals surface area contributed by atoms with E-state index in [9.17, 15) is 13.2 Å². The van der Waals surface area contributed by atoms with E-state index in [0.717, 1.165) is 25.9 Å².